The predicted molar refractivity (Wildman–Crippen MR) is 71.2 cm³/mol. The van der Waals surface area contributed by atoms with Crippen LogP contribution in [0.3, 0.4) is 0 Å². The van der Waals surface area contributed by atoms with E-state index in [1.165, 1.54) is 0 Å². The standard InChI is InChI=1S/C15H9ClO2/c16-11-5-3-4-10(8-11)9-14-12-6-1-2-7-13(12)15(17)18-14/h1-9H/b14-9+. The summed E-state index contributed by atoms with van der Waals surface area (Å²) >= 11 is 5.92. The monoisotopic (exact) mass is 256 g/mol. The number of halogens is 1. The van der Waals surface area contributed by atoms with Crippen LogP contribution in [0.15, 0.2) is 48.5 Å². The number of cyclic esters (lactones) is 1. The number of carbonyl (C=O) groups excluding carboxylic acids is 1. The van der Waals surface area contributed by atoms with Gasteiger partial charge in [-0.15, -0.1) is 0 Å². The van der Waals surface area contributed by atoms with E-state index in [-0.39, 0.29) is 5.97 Å². The van der Waals surface area contributed by atoms with Gasteiger partial charge in [0.1, 0.15) is 5.76 Å². The summed E-state index contributed by atoms with van der Waals surface area (Å²) in [6, 6.07) is 14.7. The van der Waals surface area contributed by atoms with Crippen LogP contribution in [0.5, 0.6) is 0 Å². The van der Waals surface area contributed by atoms with Crippen LogP contribution in [0.2, 0.25) is 5.02 Å². The van der Waals surface area contributed by atoms with E-state index in [0.717, 1.165) is 11.1 Å². The van der Waals surface area contributed by atoms with Crippen molar-refractivity contribution in [3.63, 3.8) is 0 Å². The van der Waals surface area contributed by atoms with Crippen molar-refractivity contribution in [3.05, 3.63) is 70.2 Å². The van der Waals surface area contributed by atoms with Crippen molar-refractivity contribution < 1.29 is 9.53 Å². The van der Waals surface area contributed by atoms with E-state index < -0.39 is 0 Å². The number of fused-ring (bicyclic) bond motifs is 1. The Morgan fingerprint density at radius 2 is 1.78 bits per heavy atom. The van der Waals surface area contributed by atoms with Gasteiger partial charge in [-0.05, 0) is 29.8 Å². The molecule has 2 aromatic rings. The highest BCUT2D eigenvalue weighted by molar-refractivity contribution is 6.30. The molecular weight excluding hydrogens is 248 g/mol. The number of benzene rings is 2. The lowest BCUT2D eigenvalue weighted by Gasteiger charge is -1.99. The minimum absolute atomic E-state index is 0.307. The van der Waals surface area contributed by atoms with Crippen molar-refractivity contribution in [2.24, 2.45) is 0 Å². The molecule has 0 aliphatic carbocycles. The lowest BCUT2D eigenvalue weighted by Crippen LogP contribution is -1.92. The Morgan fingerprint density at radius 1 is 1.00 bits per heavy atom. The molecule has 0 unspecified atom stereocenters. The normalized spacial score (nSPS) is 15.6. The Balaban J connectivity index is 2.07. The van der Waals surface area contributed by atoms with Gasteiger partial charge in [-0.3, -0.25) is 0 Å². The Bertz CT molecular complexity index is 659. The molecule has 0 spiro atoms. The molecule has 2 nitrogen and oxygen atoms in total. The molecule has 0 fully saturated rings. The summed E-state index contributed by atoms with van der Waals surface area (Å²) < 4.78 is 5.25. The Labute approximate surface area is 109 Å². The summed E-state index contributed by atoms with van der Waals surface area (Å²) in [5, 5.41) is 0.655. The number of hydrogen-bond acceptors (Lipinski definition) is 2. The third-order valence-corrected chi connectivity index (χ3v) is 3.00. The summed E-state index contributed by atoms with van der Waals surface area (Å²) in [7, 11) is 0. The van der Waals surface area contributed by atoms with Gasteiger partial charge in [-0.25, -0.2) is 4.79 Å². The maximum absolute atomic E-state index is 11.6. The fourth-order valence-corrected chi connectivity index (χ4v) is 2.14. The minimum Gasteiger partial charge on any atom is -0.422 e. The lowest BCUT2D eigenvalue weighted by atomic mass is 10.1. The Hall–Kier alpha value is -2.06. The van der Waals surface area contributed by atoms with Gasteiger partial charge in [0.25, 0.3) is 0 Å². The summed E-state index contributed by atoms with van der Waals surface area (Å²) in [4.78, 5) is 11.6. The van der Waals surface area contributed by atoms with E-state index in [9.17, 15) is 4.79 Å². The highest BCUT2D eigenvalue weighted by atomic mass is 35.5. The van der Waals surface area contributed by atoms with E-state index in [2.05, 4.69) is 0 Å². The van der Waals surface area contributed by atoms with Crippen LogP contribution < -0.4 is 0 Å². The molecule has 1 aliphatic rings. The van der Waals surface area contributed by atoms with Gasteiger partial charge in [0.15, 0.2) is 0 Å². The van der Waals surface area contributed by atoms with Crippen LogP contribution in [-0.2, 0) is 4.74 Å². The van der Waals surface area contributed by atoms with Crippen LogP contribution in [0, 0.1) is 0 Å². The molecule has 1 heterocycles. The van der Waals surface area contributed by atoms with E-state index in [1.54, 1.807) is 12.1 Å². The number of rotatable bonds is 1. The first-order chi connectivity index (χ1) is 8.74. The Kier molecular flexibility index (Phi) is 2.65. The molecule has 3 heteroatoms. The van der Waals surface area contributed by atoms with Crippen LogP contribution in [0.25, 0.3) is 11.8 Å². The fourth-order valence-electron chi connectivity index (χ4n) is 1.94. The average Bonchev–Trinajstić information content (AvgIpc) is 2.67. The van der Waals surface area contributed by atoms with Gasteiger partial charge in [-0.2, -0.15) is 0 Å². The second-order valence-corrected chi connectivity index (χ2v) is 4.44. The molecule has 3 rings (SSSR count). The van der Waals surface area contributed by atoms with Gasteiger partial charge in [0.2, 0.25) is 0 Å². The maximum Gasteiger partial charge on any atom is 0.344 e. The van der Waals surface area contributed by atoms with Gasteiger partial charge < -0.3 is 4.74 Å². The van der Waals surface area contributed by atoms with E-state index >= 15 is 0 Å². The maximum atomic E-state index is 11.6. The van der Waals surface area contributed by atoms with Crippen molar-refractivity contribution in [1.29, 1.82) is 0 Å². The van der Waals surface area contributed by atoms with Gasteiger partial charge in [0, 0.05) is 10.6 Å². The summed E-state index contributed by atoms with van der Waals surface area (Å²) in [5.41, 5.74) is 2.33. The van der Waals surface area contributed by atoms with Gasteiger partial charge in [-0.1, -0.05) is 41.9 Å². The Morgan fingerprint density at radius 3 is 2.56 bits per heavy atom. The molecule has 88 valence electrons. The molecule has 0 amide bonds. The van der Waals surface area contributed by atoms with Crippen LogP contribution in [0.1, 0.15) is 21.5 Å². The smallest absolute Gasteiger partial charge is 0.344 e. The molecule has 0 N–H and O–H groups in total. The molecular formula is C15H9ClO2. The quantitative estimate of drug-likeness (QED) is 0.721. The molecule has 0 saturated carbocycles. The zero-order valence-corrected chi connectivity index (χ0v) is 10.1. The van der Waals surface area contributed by atoms with Crippen LogP contribution in [0.4, 0.5) is 0 Å². The average molecular weight is 257 g/mol. The lowest BCUT2D eigenvalue weighted by molar-refractivity contribution is 0.0717. The summed E-state index contributed by atoms with van der Waals surface area (Å²) in [6.07, 6.45) is 1.82. The number of ether oxygens (including phenoxy) is 1. The zero-order chi connectivity index (χ0) is 12.5. The predicted octanol–water partition coefficient (Wildman–Crippen LogP) is 4.01. The van der Waals surface area contributed by atoms with Crippen molar-refractivity contribution in [2.75, 3.05) is 0 Å². The van der Waals surface area contributed by atoms with E-state index in [4.69, 9.17) is 16.3 Å². The third kappa shape index (κ3) is 1.91. The molecule has 0 atom stereocenters. The summed E-state index contributed by atoms with van der Waals surface area (Å²) in [6.45, 7) is 0. The van der Waals surface area contributed by atoms with Gasteiger partial charge in [0.05, 0.1) is 5.56 Å². The van der Waals surface area contributed by atoms with Crippen molar-refractivity contribution in [2.45, 2.75) is 0 Å². The molecule has 0 bridgehead atoms. The fraction of sp³-hybridized carbons (Fsp3) is 0. The zero-order valence-electron chi connectivity index (χ0n) is 9.39. The second-order valence-electron chi connectivity index (χ2n) is 4.00. The van der Waals surface area contributed by atoms with Crippen LogP contribution >= 0.6 is 11.6 Å². The van der Waals surface area contributed by atoms with Gasteiger partial charge >= 0.3 is 5.97 Å². The number of hydrogen-bond donors (Lipinski definition) is 0. The first kappa shape index (κ1) is 11.1. The molecule has 0 aromatic heterocycles. The second kappa shape index (κ2) is 4.31. The van der Waals surface area contributed by atoms with Crippen molar-refractivity contribution in [3.8, 4) is 0 Å². The molecule has 1 aliphatic heterocycles. The molecule has 0 radical (unpaired) electrons. The topological polar surface area (TPSA) is 26.3 Å². The van der Waals surface area contributed by atoms with Crippen LogP contribution in [-0.4, -0.2) is 5.97 Å². The third-order valence-electron chi connectivity index (χ3n) is 2.76. The van der Waals surface area contributed by atoms with Crippen molar-refractivity contribution >= 4 is 29.4 Å². The highest BCUT2D eigenvalue weighted by Crippen LogP contribution is 2.31. The number of carbonyl (C=O) groups is 1. The molecule has 18 heavy (non-hydrogen) atoms. The highest BCUT2D eigenvalue weighted by Gasteiger charge is 2.25. The van der Waals surface area contributed by atoms with E-state index in [1.807, 2.05) is 42.5 Å². The van der Waals surface area contributed by atoms with E-state index in [0.29, 0.717) is 16.3 Å². The molecule has 2 aromatic carbocycles. The number of esters is 1. The largest absolute Gasteiger partial charge is 0.422 e. The first-order valence-electron chi connectivity index (χ1n) is 5.53. The minimum atomic E-state index is -0.307. The molecule has 0 saturated heterocycles. The SMILES string of the molecule is O=C1O/C(=C/c2cccc(Cl)c2)c2ccccc21. The van der Waals surface area contributed by atoms with Crippen molar-refractivity contribution in [1.82, 2.24) is 0 Å². The first-order valence-corrected chi connectivity index (χ1v) is 5.91. The summed E-state index contributed by atoms with van der Waals surface area (Å²) in [5.74, 6) is 0.261.